The molecule has 0 aliphatic carbocycles. The number of aryl methyl sites for hydroxylation is 3. The van der Waals surface area contributed by atoms with E-state index in [-0.39, 0.29) is 6.04 Å². The molecule has 1 nitrogen and oxygen atoms in total. The Morgan fingerprint density at radius 2 is 1.82 bits per heavy atom. The smallest absolute Gasteiger partial charge is 0.0651 e. The SMILES string of the molecule is Cc1cc(C(N)c2sccc2C)c(C)cc1Br. The van der Waals surface area contributed by atoms with Crippen LogP contribution in [0.4, 0.5) is 0 Å². The van der Waals surface area contributed by atoms with Gasteiger partial charge in [0.2, 0.25) is 0 Å². The van der Waals surface area contributed by atoms with Gasteiger partial charge in [-0.1, -0.05) is 22.0 Å². The molecule has 1 atom stereocenters. The molecule has 2 N–H and O–H groups in total. The molecule has 90 valence electrons. The molecule has 1 heterocycles. The molecule has 0 saturated carbocycles. The van der Waals surface area contributed by atoms with Gasteiger partial charge in [-0.15, -0.1) is 11.3 Å². The van der Waals surface area contributed by atoms with E-state index in [9.17, 15) is 0 Å². The Hall–Kier alpha value is -0.640. The van der Waals surface area contributed by atoms with Crippen LogP contribution >= 0.6 is 27.3 Å². The van der Waals surface area contributed by atoms with Gasteiger partial charge in [-0.2, -0.15) is 0 Å². The Morgan fingerprint density at radius 1 is 1.12 bits per heavy atom. The number of benzene rings is 1. The van der Waals surface area contributed by atoms with E-state index in [1.54, 1.807) is 11.3 Å². The molecule has 2 aromatic rings. The summed E-state index contributed by atoms with van der Waals surface area (Å²) in [5.74, 6) is 0. The summed E-state index contributed by atoms with van der Waals surface area (Å²) in [6.45, 7) is 6.33. The van der Waals surface area contributed by atoms with Gasteiger partial charge in [-0.05, 0) is 60.5 Å². The van der Waals surface area contributed by atoms with Gasteiger partial charge >= 0.3 is 0 Å². The van der Waals surface area contributed by atoms with Crippen LogP contribution in [0.25, 0.3) is 0 Å². The first kappa shape index (κ1) is 12.8. The highest BCUT2D eigenvalue weighted by Gasteiger charge is 2.15. The number of rotatable bonds is 2. The summed E-state index contributed by atoms with van der Waals surface area (Å²) < 4.78 is 1.15. The van der Waals surface area contributed by atoms with Crippen LogP contribution in [-0.4, -0.2) is 0 Å². The van der Waals surface area contributed by atoms with E-state index in [1.807, 2.05) is 0 Å². The van der Waals surface area contributed by atoms with Gasteiger partial charge in [0.15, 0.2) is 0 Å². The van der Waals surface area contributed by atoms with E-state index in [4.69, 9.17) is 5.73 Å². The maximum atomic E-state index is 6.38. The quantitative estimate of drug-likeness (QED) is 0.869. The van der Waals surface area contributed by atoms with E-state index in [2.05, 4.69) is 60.3 Å². The normalized spacial score (nSPS) is 12.8. The van der Waals surface area contributed by atoms with E-state index >= 15 is 0 Å². The molecular formula is C14H16BrNS. The summed E-state index contributed by atoms with van der Waals surface area (Å²) in [6, 6.07) is 6.44. The third-order valence-electron chi connectivity index (χ3n) is 3.07. The van der Waals surface area contributed by atoms with Gasteiger partial charge in [0.25, 0.3) is 0 Å². The van der Waals surface area contributed by atoms with Gasteiger partial charge in [-0.25, -0.2) is 0 Å². The Balaban J connectivity index is 2.48. The summed E-state index contributed by atoms with van der Waals surface area (Å²) in [5, 5.41) is 2.10. The minimum Gasteiger partial charge on any atom is -0.320 e. The maximum absolute atomic E-state index is 6.38. The zero-order valence-corrected chi connectivity index (χ0v) is 12.7. The van der Waals surface area contributed by atoms with Crippen LogP contribution in [0.3, 0.4) is 0 Å². The largest absolute Gasteiger partial charge is 0.320 e. The Bertz CT molecular complexity index is 545. The Kier molecular flexibility index (Phi) is 3.71. The lowest BCUT2D eigenvalue weighted by atomic mass is 9.97. The Morgan fingerprint density at radius 3 is 2.41 bits per heavy atom. The number of nitrogens with two attached hydrogens (primary N) is 1. The molecule has 0 aliphatic rings. The van der Waals surface area contributed by atoms with Gasteiger partial charge in [0.05, 0.1) is 6.04 Å². The molecule has 0 fully saturated rings. The summed E-state index contributed by atoms with van der Waals surface area (Å²) in [4.78, 5) is 1.26. The highest BCUT2D eigenvalue weighted by atomic mass is 79.9. The zero-order chi connectivity index (χ0) is 12.6. The van der Waals surface area contributed by atoms with Crippen LogP contribution in [0.1, 0.15) is 33.2 Å². The zero-order valence-electron chi connectivity index (χ0n) is 10.3. The van der Waals surface area contributed by atoms with Gasteiger partial charge in [-0.3, -0.25) is 0 Å². The highest BCUT2D eigenvalue weighted by molar-refractivity contribution is 9.10. The van der Waals surface area contributed by atoms with Crippen molar-refractivity contribution in [2.75, 3.05) is 0 Å². The first-order valence-corrected chi connectivity index (χ1v) is 7.24. The molecule has 0 spiro atoms. The standard InChI is InChI=1S/C14H16BrNS/c1-8-4-5-17-14(8)13(16)11-6-10(3)12(15)7-9(11)2/h4-7,13H,16H2,1-3H3. The molecule has 1 aromatic carbocycles. The average molecular weight is 310 g/mol. The van der Waals surface area contributed by atoms with Crippen molar-refractivity contribution in [1.29, 1.82) is 0 Å². The van der Waals surface area contributed by atoms with Crippen molar-refractivity contribution in [2.24, 2.45) is 5.73 Å². The van der Waals surface area contributed by atoms with Crippen LogP contribution in [0.2, 0.25) is 0 Å². The molecule has 1 aromatic heterocycles. The summed E-state index contributed by atoms with van der Waals surface area (Å²) in [5.41, 5.74) is 11.3. The first-order chi connectivity index (χ1) is 8.00. The highest BCUT2D eigenvalue weighted by Crippen LogP contribution is 2.31. The second-order valence-corrected chi connectivity index (χ2v) is 6.21. The van der Waals surface area contributed by atoms with Crippen LogP contribution < -0.4 is 5.73 Å². The first-order valence-electron chi connectivity index (χ1n) is 5.57. The number of hydrogen-bond acceptors (Lipinski definition) is 2. The fraction of sp³-hybridized carbons (Fsp3) is 0.286. The average Bonchev–Trinajstić information content (AvgIpc) is 2.69. The van der Waals surface area contributed by atoms with Crippen molar-refractivity contribution in [3.05, 3.63) is 55.2 Å². The van der Waals surface area contributed by atoms with E-state index in [0.29, 0.717) is 0 Å². The predicted molar refractivity (Wildman–Crippen MR) is 78.7 cm³/mol. The summed E-state index contributed by atoms with van der Waals surface area (Å²) >= 11 is 5.29. The fourth-order valence-corrected chi connectivity index (χ4v) is 3.39. The van der Waals surface area contributed by atoms with Crippen LogP contribution in [0.5, 0.6) is 0 Å². The van der Waals surface area contributed by atoms with Crippen molar-refractivity contribution in [1.82, 2.24) is 0 Å². The molecule has 0 radical (unpaired) electrons. The predicted octanol–water partition coefficient (Wildman–Crippen LogP) is 4.48. The number of halogens is 1. The lowest BCUT2D eigenvalue weighted by Gasteiger charge is -2.16. The topological polar surface area (TPSA) is 26.0 Å². The van der Waals surface area contributed by atoms with E-state index in [0.717, 1.165) is 4.47 Å². The van der Waals surface area contributed by atoms with Crippen molar-refractivity contribution >= 4 is 27.3 Å². The molecule has 0 saturated heterocycles. The summed E-state index contributed by atoms with van der Waals surface area (Å²) in [7, 11) is 0. The van der Waals surface area contributed by atoms with Crippen LogP contribution in [0.15, 0.2) is 28.1 Å². The molecule has 3 heteroatoms. The molecule has 0 aliphatic heterocycles. The van der Waals surface area contributed by atoms with Crippen molar-refractivity contribution in [2.45, 2.75) is 26.8 Å². The van der Waals surface area contributed by atoms with Crippen molar-refractivity contribution in [3.63, 3.8) is 0 Å². The summed E-state index contributed by atoms with van der Waals surface area (Å²) in [6.07, 6.45) is 0. The third-order valence-corrected chi connectivity index (χ3v) is 5.02. The fourth-order valence-electron chi connectivity index (χ4n) is 1.98. The molecule has 1 unspecified atom stereocenters. The van der Waals surface area contributed by atoms with Crippen LogP contribution in [0, 0.1) is 20.8 Å². The lowest BCUT2D eigenvalue weighted by molar-refractivity contribution is 0.872. The minimum atomic E-state index is -0.0122. The van der Waals surface area contributed by atoms with Gasteiger partial charge in [0, 0.05) is 9.35 Å². The second kappa shape index (κ2) is 4.92. The van der Waals surface area contributed by atoms with E-state index in [1.165, 1.54) is 27.1 Å². The maximum Gasteiger partial charge on any atom is 0.0651 e. The number of thiophene rings is 1. The molecular weight excluding hydrogens is 294 g/mol. The second-order valence-electron chi connectivity index (χ2n) is 4.40. The Labute approximate surface area is 115 Å². The monoisotopic (exact) mass is 309 g/mol. The number of hydrogen-bond donors (Lipinski definition) is 1. The minimum absolute atomic E-state index is 0.0122. The molecule has 0 amide bonds. The lowest BCUT2D eigenvalue weighted by Crippen LogP contribution is -2.13. The molecule has 0 bridgehead atoms. The van der Waals surface area contributed by atoms with Crippen LogP contribution in [-0.2, 0) is 0 Å². The third kappa shape index (κ3) is 2.46. The van der Waals surface area contributed by atoms with Gasteiger partial charge in [0.1, 0.15) is 0 Å². The molecule has 17 heavy (non-hydrogen) atoms. The van der Waals surface area contributed by atoms with Crippen molar-refractivity contribution < 1.29 is 0 Å². The van der Waals surface area contributed by atoms with E-state index < -0.39 is 0 Å². The van der Waals surface area contributed by atoms with Gasteiger partial charge < -0.3 is 5.73 Å². The van der Waals surface area contributed by atoms with Crippen molar-refractivity contribution in [3.8, 4) is 0 Å². The molecule has 2 rings (SSSR count).